The van der Waals surface area contributed by atoms with Gasteiger partial charge in [-0.3, -0.25) is 0 Å². The lowest BCUT2D eigenvalue weighted by atomic mass is 10.1. The Morgan fingerprint density at radius 1 is 0.769 bits per heavy atom. The quantitative estimate of drug-likeness (QED) is 0.403. The summed E-state index contributed by atoms with van der Waals surface area (Å²) in [5.41, 5.74) is 7.52. The normalized spacial score (nSPS) is 11.5. The number of imidazole rings is 1. The van der Waals surface area contributed by atoms with Crippen LogP contribution in [0.3, 0.4) is 0 Å². The molecule has 0 saturated heterocycles. The summed E-state index contributed by atoms with van der Waals surface area (Å²) >= 11 is 0. The van der Waals surface area contributed by atoms with E-state index in [1.807, 2.05) is 18.2 Å². The first kappa shape index (κ1) is 15.0. The maximum Gasteiger partial charge on any atom is 0.339 e. The smallest absolute Gasteiger partial charge is 0.339 e. The summed E-state index contributed by atoms with van der Waals surface area (Å²) in [6.07, 6.45) is 0. The Hall–Kier alpha value is -3.33. The van der Waals surface area contributed by atoms with E-state index in [1.54, 1.807) is 0 Å². The van der Waals surface area contributed by atoms with Gasteiger partial charge in [0.25, 0.3) is 0 Å². The molecule has 0 atom stereocenters. The second kappa shape index (κ2) is 5.60. The van der Waals surface area contributed by atoms with Crippen molar-refractivity contribution < 1.29 is 8.82 Å². The molecule has 0 N–H and O–H groups in total. The summed E-state index contributed by atoms with van der Waals surface area (Å²) in [6, 6.07) is 27.2. The van der Waals surface area contributed by atoms with Crippen molar-refractivity contribution in [2.24, 2.45) is 0 Å². The van der Waals surface area contributed by atoms with Gasteiger partial charge in [0.2, 0.25) is 0 Å². The Labute approximate surface area is 151 Å². The summed E-state index contributed by atoms with van der Waals surface area (Å²) in [7, 11) is 0. The molecule has 0 amide bonds. The zero-order chi connectivity index (χ0) is 17.7. The molecule has 0 bridgehead atoms. The highest BCUT2D eigenvalue weighted by Gasteiger charge is 2.31. The van der Waals surface area contributed by atoms with Crippen LogP contribution in [0.15, 0.2) is 83.3 Å². The van der Waals surface area contributed by atoms with E-state index in [0.717, 1.165) is 33.9 Å². The zero-order valence-electron chi connectivity index (χ0n) is 14.8. The van der Waals surface area contributed by atoms with Crippen molar-refractivity contribution in [3.05, 3.63) is 90.1 Å². The number of hydrogen-bond donors (Lipinski definition) is 0. The Morgan fingerprint density at radius 2 is 1.46 bits per heavy atom. The van der Waals surface area contributed by atoms with E-state index in [-0.39, 0.29) is 0 Å². The zero-order valence-corrected chi connectivity index (χ0v) is 14.8. The molecule has 126 valence electrons. The number of aromatic nitrogens is 2. The van der Waals surface area contributed by atoms with Crippen LogP contribution < -0.4 is 4.40 Å². The third-order valence-corrected chi connectivity index (χ3v) is 4.97. The SMILES string of the molecule is Cc1ccccc1-n1c(C)c2oc3ccccc3[n+]2c1-c1ccccc1. The molecule has 3 heteroatoms. The summed E-state index contributed by atoms with van der Waals surface area (Å²) < 4.78 is 10.8. The Bertz CT molecular complexity index is 1250. The lowest BCUT2D eigenvalue weighted by molar-refractivity contribution is -0.472. The summed E-state index contributed by atoms with van der Waals surface area (Å²) in [4.78, 5) is 0. The van der Waals surface area contributed by atoms with Gasteiger partial charge in [0, 0.05) is 6.92 Å². The number of para-hydroxylation sites is 3. The highest BCUT2D eigenvalue weighted by atomic mass is 16.3. The molecule has 3 aromatic carbocycles. The first-order valence-corrected chi connectivity index (χ1v) is 8.82. The predicted octanol–water partition coefficient (Wildman–Crippen LogP) is 5.25. The van der Waals surface area contributed by atoms with Gasteiger partial charge < -0.3 is 4.42 Å². The van der Waals surface area contributed by atoms with Crippen molar-refractivity contribution in [3.63, 3.8) is 0 Å². The fraction of sp³-hybridized carbons (Fsp3) is 0.0870. The number of benzene rings is 3. The standard InChI is InChI=1S/C23H19N2O/c1-16-10-6-7-13-19(16)24-17(2)23-25(20-14-8-9-15-21(20)26-23)22(24)18-11-4-3-5-12-18/h3-15H,1-2H3/q+1. The van der Waals surface area contributed by atoms with Gasteiger partial charge in [0.15, 0.2) is 16.8 Å². The van der Waals surface area contributed by atoms with Crippen molar-refractivity contribution in [2.75, 3.05) is 0 Å². The fourth-order valence-electron chi connectivity index (χ4n) is 3.74. The number of oxazole rings is 1. The molecule has 0 saturated carbocycles. The highest BCUT2D eigenvalue weighted by molar-refractivity contribution is 5.74. The number of aryl methyl sites for hydroxylation is 2. The molecular formula is C23H19N2O+. The van der Waals surface area contributed by atoms with Gasteiger partial charge in [0.1, 0.15) is 5.69 Å². The summed E-state index contributed by atoms with van der Waals surface area (Å²) in [5, 5.41) is 0. The molecule has 0 radical (unpaired) electrons. The second-order valence-corrected chi connectivity index (χ2v) is 6.61. The Kier molecular flexibility index (Phi) is 3.22. The van der Waals surface area contributed by atoms with Crippen LogP contribution in [-0.4, -0.2) is 4.57 Å². The minimum atomic E-state index is 0.883. The second-order valence-electron chi connectivity index (χ2n) is 6.61. The van der Waals surface area contributed by atoms with Crippen LogP contribution in [0.1, 0.15) is 11.3 Å². The summed E-state index contributed by atoms with van der Waals surface area (Å²) in [5.74, 6) is 1.11. The van der Waals surface area contributed by atoms with Gasteiger partial charge in [-0.15, -0.1) is 0 Å². The predicted molar refractivity (Wildman–Crippen MR) is 104 cm³/mol. The van der Waals surface area contributed by atoms with Crippen molar-refractivity contribution in [2.45, 2.75) is 13.8 Å². The molecule has 5 rings (SSSR count). The maximum atomic E-state index is 6.23. The molecule has 0 fully saturated rings. The van der Waals surface area contributed by atoms with Crippen molar-refractivity contribution >= 4 is 16.8 Å². The maximum absolute atomic E-state index is 6.23. The average molecular weight is 339 g/mol. The third-order valence-electron chi connectivity index (χ3n) is 4.97. The Morgan fingerprint density at radius 3 is 2.27 bits per heavy atom. The van der Waals surface area contributed by atoms with E-state index in [4.69, 9.17) is 4.42 Å². The van der Waals surface area contributed by atoms with Crippen molar-refractivity contribution in [1.29, 1.82) is 0 Å². The molecular weight excluding hydrogens is 320 g/mol. The van der Waals surface area contributed by atoms with Crippen molar-refractivity contribution in [3.8, 4) is 17.1 Å². The molecule has 0 aliphatic carbocycles. The van der Waals surface area contributed by atoms with Crippen LogP contribution in [0.25, 0.3) is 33.9 Å². The largest absolute Gasteiger partial charge is 0.415 e. The van der Waals surface area contributed by atoms with Crippen LogP contribution in [0.5, 0.6) is 0 Å². The van der Waals surface area contributed by atoms with Crippen molar-refractivity contribution in [1.82, 2.24) is 4.57 Å². The van der Waals surface area contributed by atoms with Gasteiger partial charge in [-0.1, -0.05) is 48.5 Å². The van der Waals surface area contributed by atoms with Crippen LogP contribution in [0.2, 0.25) is 0 Å². The van der Waals surface area contributed by atoms with Gasteiger partial charge in [-0.2, -0.15) is 8.97 Å². The van der Waals surface area contributed by atoms with E-state index in [0.29, 0.717) is 0 Å². The van der Waals surface area contributed by atoms with E-state index in [2.05, 4.69) is 83.5 Å². The monoisotopic (exact) mass is 339 g/mol. The molecule has 26 heavy (non-hydrogen) atoms. The van der Waals surface area contributed by atoms with Gasteiger partial charge in [-0.25, -0.2) is 0 Å². The third kappa shape index (κ3) is 2.04. The van der Waals surface area contributed by atoms with Crippen LogP contribution in [-0.2, 0) is 0 Å². The molecule has 0 aliphatic heterocycles. The van der Waals surface area contributed by atoms with Gasteiger partial charge >= 0.3 is 11.5 Å². The molecule has 2 aromatic heterocycles. The fourth-order valence-corrected chi connectivity index (χ4v) is 3.74. The van der Waals surface area contributed by atoms with Crippen LogP contribution in [0, 0.1) is 13.8 Å². The number of hydrogen-bond acceptors (Lipinski definition) is 1. The lowest BCUT2D eigenvalue weighted by Crippen LogP contribution is -2.22. The summed E-state index contributed by atoms with van der Waals surface area (Å²) in [6.45, 7) is 4.27. The minimum Gasteiger partial charge on any atom is -0.415 e. The van der Waals surface area contributed by atoms with E-state index in [1.165, 1.54) is 11.3 Å². The van der Waals surface area contributed by atoms with Gasteiger partial charge in [-0.05, 0) is 42.8 Å². The topological polar surface area (TPSA) is 22.2 Å². The van der Waals surface area contributed by atoms with Gasteiger partial charge in [0.05, 0.1) is 5.56 Å². The molecule has 0 aliphatic rings. The number of fused-ring (bicyclic) bond motifs is 3. The molecule has 0 unspecified atom stereocenters. The first-order chi connectivity index (χ1) is 12.8. The Balaban J connectivity index is 2.00. The van der Waals surface area contributed by atoms with E-state index < -0.39 is 0 Å². The van der Waals surface area contributed by atoms with E-state index >= 15 is 0 Å². The highest BCUT2D eigenvalue weighted by Crippen LogP contribution is 2.30. The lowest BCUT2D eigenvalue weighted by Gasteiger charge is -2.06. The minimum absolute atomic E-state index is 0.883. The number of nitrogens with zero attached hydrogens (tertiary/aromatic N) is 2. The molecule has 0 spiro atoms. The van der Waals surface area contributed by atoms with Crippen LogP contribution >= 0.6 is 0 Å². The first-order valence-electron chi connectivity index (χ1n) is 8.82. The average Bonchev–Trinajstić information content (AvgIpc) is 3.18. The number of rotatable bonds is 2. The molecule has 5 aromatic rings. The molecule has 3 nitrogen and oxygen atoms in total. The van der Waals surface area contributed by atoms with Crippen LogP contribution in [0.4, 0.5) is 0 Å². The molecule has 2 heterocycles. The van der Waals surface area contributed by atoms with E-state index in [9.17, 15) is 0 Å².